The summed E-state index contributed by atoms with van der Waals surface area (Å²) in [5.74, 6) is 0.139. The molecule has 1 aliphatic heterocycles. The van der Waals surface area contributed by atoms with Gasteiger partial charge >= 0.3 is 0 Å². The fourth-order valence-corrected chi connectivity index (χ4v) is 4.97. The van der Waals surface area contributed by atoms with Crippen molar-refractivity contribution >= 4 is 22.0 Å². The molecular weight excluding hydrogens is 374 g/mol. The average molecular weight is 409 g/mol. The van der Waals surface area contributed by atoms with Gasteiger partial charge in [0.2, 0.25) is 10.0 Å². The van der Waals surface area contributed by atoms with Crippen LogP contribution in [0.4, 0.5) is 0 Å². The van der Waals surface area contributed by atoms with E-state index in [2.05, 4.69) is 0 Å². The summed E-state index contributed by atoms with van der Waals surface area (Å²) in [5.41, 5.74) is 0.858. The third-order valence-electron chi connectivity index (χ3n) is 5.31. The highest BCUT2D eigenvalue weighted by atomic mass is 32.2. The van der Waals surface area contributed by atoms with Crippen molar-refractivity contribution in [3.05, 3.63) is 41.3 Å². The van der Waals surface area contributed by atoms with Crippen LogP contribution in [0.2, 0.25) is 0 Å². The molecule has 0 saturated carbocycles. The molecule has 0 spiro atoms. The first kappa shape index (κ1) is 22.6. The summed E-state index contributed by atoms with van der Waals surface area (Å²) >= 11 is 0. The summed E-state index contributed by atoms with van der Waals surface area (Å²) < 4.78 is 26.7. The third kappa shape index (κ3) is 5.65. The minimum Gasteiger partial charge on any atom is -0.333 e. The Kier molecular flexibility index (Phi) is 7.80. The largest absolute Gasteiger partial charge is 0.333 e. The van der Waals surface area contributed by atoms with Crippen molar-refractivity contribution in [2.45, 2.75) is 52.7 Å². The molecule has 1 fully saturated rings. The van der Waals surface area contributed by atoms with Gasteiger partial charge in [-0.15, -0.1) is 0 Å². The summed E-state index contributed by atoms with van der Waals surface area (Å²) in [5, 5.41) is 1.28. The Morgan fingerprint density at radius 2 is 1.57 bits per heavy atom. The number of nitrogens with one attached hydrogen (secondary N) is 1. The van der Waals surface area contributed by atoms with Gasteiger partial charge in [0, 0.05) is 17.5 Å². The van der Waals surface area contributed by atoms with Crippen LogP contribution in [-0.4, -0.2) is 67.8 Å². The molecule has 0 aromatic heterocycles. The van der Waals surface area contributed by atoms with Crippen molar-refractivity contribution in [2.75, 3.05) is 26.2 Å². The molecule has 1 saturated heterocycles. The predicted molar refractivity (Wildman–Crippen MR) is 113 cm³/mol. The van der Waals surface area contributed by atoms with Crippen molar-refractivity contribution in [3.8, 4) is 0 Å². The van der Waals surface area contributed by atoms with Crippen LogP contribution in [0.1, 0.15) is 40.2 Å². The van der Waals surface area contributed by atoms with Gasteiger partial charge in [-0.25, -0.2) is 8.42 Å². The molecule has 0 unspecified atom stereocenters. The van der Waals surface area contributed by atoms with E-state index >= 15 is 0 Å². The minimum atomic E-state index is -3.45. The van der Waals surface area contributed by atoms with Gasteiger partial charge in [0.05, 0.1) is 26.2 Å². The number of benzene rings is 1. The molecule has 1 amide bonds. The Hall–Kier alpha value is -1.70. The molecule has 28 heavy (non-hydrogen) atoms. The highest BCUT2D eigenvalue weighted by Gasteiger charge is 2.36. The Morgan fingerprint density at radius 3 is 2.07 bits per heavy atom. The zero-order valence-corrected chi connectivity index (χ0v) is 18.4. The maximum Gasteiger partial charge on any atom is 0.281 e. The van der Waals surface area contributed by atoms with Crippen LogP contribution in [0.15, 0.2) is 35.7 Å². The lowest BCUT2D eigenvalue weighted by molar-refractivity contribution is -0.918. The molecule has 1 aromatic carbocycles. The monoisotopic (exact) mass is 408 g/mol. The average Bonchev–Trinajstić information content (AvgIpc) is 2.66. The fourth-order valence-electron chi connectivity index (χ4n) is 3.78. The number of hydrogen-bond donors (Lipinski definition) is 1. The van der Waals surface area contributed by atoms with E-state index in [0.717, 1.165) is 10.5 Å². The van der Waals surface area contributed by atoms with Gasteiger partial charge in [0.25, 0.3) is 5.91 Å². The van der Waals surface area contributed by atoms with Crippen LogP contribution in [0, 0.1) is 0 Å². The maximum absolute atomic E-state index is 12.9. The highest BCUT2D eigenvalue weighted by molar-refractivity contribution is 7.92. The van der Waals surface area contributed by atoms with Crippen molar-refractivity contribution in [1.29, 1.82) is 0 Å². The number of carbonyl (C=O) groups is 1. The first-order valence-corrected chi connectivity index (χ1v) is 11.5. The molecule has 1 aromatic rings. The summed E-state index contributed by atoms with van der Waals surface area (Å²) in [4.78, 5) is 16.0. The molecule has 1 heterocycles. The number of sulfonamides is 1. The Morgan fingerprint density at radius 1 is 1.04 bits per heavy atom. The summed E-state index contributed by atoms with van der Waals surface area (Å²) in [6, 6.07) is 9.53. The fraction of sp³-hybridized carbons (Fsp3) is 0.571. The van der Waals surface area contributed by atoms with Crippen LogP contribution in [0.5, 0.6) is 0 Å². The van der Waals surface area contributed by atoms with Gasteiger partial charge in [-0.3, -0.25) is 4.79 Å². The van der Waals surface area contributed by atoms with E-state index in [-0.39, 0.29) is 24.0 Å². The van der Waals surface area contributed by atoms with Gasteiger partial charge in [-0.1, -0.05) is 30.3 Å². The highest BCUT2D eigenvalue weighted by Crippen LogP contribution is 2.10. The topological polar surface area (TPSA) is 62.1 Å². The SMILES string of the molecule is CC(C)N(C(=O)[C@H](C)[NH+]1CCN(S(=O)(=O)/C=C/c2ccccc2)CC1)C(C)C. The van der Waals surface area contributed by atoms with E-state index < -0.39 is 10.0 Å². The molecule has 2 rings (SSSR count). The van der Waals surface area contributed by atoms with E-state index in [9.17, 15) is 13.2 Å². The smallest absolute Gasteiger partial charge is 0.281 e. The van der Waals surface area contributed by atoms with Gasteiger partial charge in [-0.05, 0) is 46.3 Å². The van der Waals surface area contributed by atoms with Crippen LogP contribution < -0.4 is 4.90 Å². The standard InChI is InChI=1S/C21H33N3O3S/c1-17(2)24(18(3)4)21(25)19(5)22-12-14-23(15-13-22)28(26,27)16-11-20-9-7-6-8-10-20/h6-11,16-19H,12-15H2,1-5H3/p+1/b16-11+/t19-/m0/s1. The molecule has 0 bridgehead atoms. The van der Waals surface area contributed by atoms with E-state index in [1.165, 1.54) is 9.71 Å². The number of quaternary nitrogens is 1. The maximum atomic E-state index is 12.9. The van der Waals surface area contributed by atoms with Crippen LogP contribution in [0.3, 0.4) is 0 Å². The summed E-state index contributed by atoms with van der Waals surface area (Å²) in [7, 11) is -3.45. The van der Waals surface area contributed by atoms with Gasteiger partial charge in [0.15, 0.2) is 6.04 Å². The van der Waals surface area contributed by atoms with Crippen molar-refractivity contribution in [2.24, 2.45) is 0 Å². The minimum absolute atomic E-state index is 0.139. The quantitative estimate of drug-likeness (QED) is 0.738. The number of piperazine rings is 1. The van der Waals surface area contributed by atoms with Crippen LogP contribution >= 0.6 is 0 Å². The van der Waals surface area contributed by atoms with E-state index in [4.69, 9.17) is 0 Å². The molecule has 7 heteroatoms. The van der Waals surface area contributed by atoms with Gasteiger partial charge in [-0.2, -0.15) is 4.31 Å². The van der Waals surface area contributed by atoms with Gasteiger partial charge in [0.1, 0.15) is 0 Å². The number of hydrogen-bond acceptors (Lipinski definition) is 3. The van der Waals surface area contributed by atoms with E-state index in [0.29, 0.717) is 26.2 Å². The normalized spacial score (nSPS) is 18.1. The lowest BCUT2D eigenvalue weighted by atomic mass is 10.1. The van der Waals surface area contributed by atoms with Crippen LogP contribution in [-0.2, 0) is 14.8 Å². The Labute approximate surface area is 169 Å². The summed E-state index contributed by atoms with van der Waals surface area (Å²) in [6.07, 6.45) is 1.63. The van der Waals surface area contributed by atoms with Crippen LogP contribution in [0.25, 0.3) is 6.08 Å². The molecular formula is C21H34N3O3S+. The molecule has 1 N–H and O–H groups in total. The first-order valence-electron chi connectivity index (χ1n) is 10.0. The van der Waals surface area contributed by atoms with E-state index in [1.807, 2.05) is 69.9 Å². The zero-order chi connectivity index (χ0) is 20.9. The second kappa shape index (κ2) is 9.67. The van der Waals surface area contributed by atoms with Crippen molar-refractivity contribution in [1.82, 2.24) is 9.21 Å². The number of amides is 1. The van der Waals surface area contributed by atoms with Crippen molar-refractivity contribution in [3.63, 3.8) is 0 Å². The molecule has 0 radical (unpaired) electrons. The van der Waals surface area contributed by atoms with Gasteiger partial charge < -0.3 is 9.80 Å². The first-order chi connectivity index (χ1) is 13.1. The molecule has 0 aliphatic carbocycles. The Bertz CT molecular complexity index is 759. The second-order valence-electron chi connectivity index (χ2n) is 7.97. The second-order valence-corrected chi connectivity index (χ2v) is 9.79. The zero-order valence-electron chi connectivity index (χ0n) is 17.6. The molecule has 156 valence electrons. The molecule has 1 aliphatic rings. The lowest BCUT2D eigenvalue weighted by Gasteiger charge is -2.38. The predicted octanol–water partition coefficient (Wildman–Crippen LogP) is 1.22. The number of rotatable bonds is 7. The van der Waals surface area contributed by atoms with E-state index in [1.54, 1.807) is 6.08 Å². The number of nitrogens with zero attached hydrogens (tertiary/aromatic N) is 2. The molecule has 6 nitrogen and oxygen atoms in total. The Balaban J connectivity index is 1.98. The van der Waals surface area contributed by atoms with Crippen molar-refractivity contribution < 1.29 is 18.1 Å². The molecule has 1 atom stereocenters. The number of carbonyl (C=O) groups excluding carboxylic acids is 1. The summed E-state index contributed by atoms with van der Waals surface area (Å²) in [6.45, 7) is 12.2. The lowest BCUT2D eigenvalue weighted by Crippen LogP contribution is -3.19. The third-order valence-corrected chi connectivity index (χ3v) is 6.87.